The van der Waals surface area contributed by atoms with Crippen molar-refractivity contribution in [2.75, 3.05) is 23.4 Å². The normalized spacial score (nSPS) is 13.4. The van der Waals surface area contributed by atoms with Gasteiger partial charge in [0.25, 0.3) is 0 Å². The van der Waals surface area contributed by atoms with Crippen LogP contribution in [0.4, 0.5) is 22.0 Å². The number of anilines is 3. The Morgan fingerprint density at radius 1 is 1.27 bits per heavy atom. The second-order valence-electron chi connectivity index (χ2n) is 7.84. The number of thiazole rings is 1. The Balaban J connectivity index is 1.80. The lowest BCUT2D eigenvalue weighted by molar-refractivity contribution is 0.0566. The number of nitrogens with zero attached hydrogens (tertiary/aromatic N) is 4. The molecule has 0 aromatic carbocycles. The van der Waals surface area contributed by atoms with E-state index in [0.717, 1.165) is 16.4 Å². The van der Waals surface area contributed by atoms with E-state index in [4.69, 9.17) is 14.5 Å². The van der Waals surface area contributed by atoms with Crippen LogP contribution in [0.5, 0.6) is 5.75 Å². The summed E-state index contributed by atoms with van der Waals surface area (Å²) in [6.45, 7) is 8.14. The molecule has 0 fully saturated rings. The zero-order valence-corrected chi connectivity index (χ0v) is 18.1. The van der Waals surface area contributed by atoms with E-state index >= 15 is 0 Å². The fraction of sp³-hybridized carbons (Fsp3) is 0.333. The van der Waals surface area contributed by atoms with Gasteiger partial charge in [-0.3, -0.25) is 9.88 Å². The molecule has 0 bridgehead atoms. The standard InChI is InChI=1S/C21H23N5O3S/c1-13-12-30-19(23-13)16-11-15(24-14-5-7-22-8-6-14)17-18(25-16)26(9-10-28-17)20(27)29-21(2,3)4/h5-8,11-12H,9-10H2,1-4H3,(H,22,24,25). The van der Waals surface area contributed by atoms with E-state index in [-0.39, 0.29) is 0 Å². The molecular weight excluding hydrogens is 402 g/mol. The number of carbonyl (C=O) groups is 1. The predicted octanol–water partition coefficient (Wildman–Crippen LogP) is 4.79. The summed E-state index contributed by atoms with van der Waals surface area (Å²) in [5, 5.41) is 6.08. The summed E-state index contributed by atoms with van der Waals surface area (Å²) >= 11 is 1.50. The lowest BCUT2D eigenvalue weighted by atomic mass is 10.2. The number of pyridine rings is 2. The van der Waals surface area contributed by atoms with E-state index < -0.39 is 11.7 Å². The van der Waals surface area contributed by atoms with Crippen molar-refractivity contribution < 1.29 is 14.3 Å². The van der Waals surface area contributed by atoms with Gasteiger partial charge in [-0.15, -0.1) is 11.3 Å². The highest BCUT2D eigenvalue weighted by molar-refractivity contribution is 7.13. The molecule has 1 N–H and O–H groups in total. The second-order valence-corrected chi connectivity index (χ2v) is 8.70. The second kappa shape index (κ2) is 7.91. The summed E-state index contributed by atoms with van der Waals surface area (Å²) in [6.07, 6.45) is 2.95. The Morgan fingerprint density at radius 2 is 2.03 bits per heavy atom. The molecule has 0 saturated carbocycles. The van der Waals surface area contributed by atoms with E-state index in [9.17, 15) is 4.79 Å². The predicted molar refractivity (Wildman–Crippen MR) is 117 cm³/mol. The van der Waals surface area contributed by atoms with Crippen LogP contribution in [-0.4, -0.2) is 39.8 Å². The summed E-state index contributed by atoms with van der Waals surface area (Å²) in [6, 6.07) is 5.60. The highest BCUT2D eigenvalue weighted by Gasteiger charge is 2.32. The molecule has 30 heavy (non-hydrogen) atoms. The van der Waals surface area contributed by atoms with Crippen LogP contribution in [0.2, 0.25) is 0 Å². The van der Waals surface area contributed by atoms with Gasteiger partial charge in [-0.25, -0.2) is 14.8 Å². The van der Waals surface area contributed by atoms with Crippen LogP contribution in [0.15, 0.2) is 36.0 Å². The molecule has 0 unspecified atom stereocenters. The van der Waals surface area contributed by atoms with Crippen LogP contribution in [0, 0.1) is 6.92 Å². The molecule has 4 heterocycles. The van der Waals surface area contributed by atoms with Crippen molar-refractivity contribution in [3.05, 3.63) is 41.7 Å². The van der Waals surface area contributed by atoms with Gasteiger partial charge in [-0.2, -0.15) is 0 Å². The average molecular weight is 426 g/mol. The highest BCUT2D eigenvalue weighted by Crippen LogP contribution is 2.41. The van der Waals surface area contributed by atoms with Gasteiger partial charge >= 0.3 is 6.09 Å². The molecule has 1 aliphatic rings. The fourth-order valence-electron chi connectivity index (χ4n) is 2.95. The summed E-state index contributed by atoms with van der Waals surface area (Å²) in [5.74, 6) is 0.915. The number of amides is 1. The first-order valence-corrected chi connectivity index (χ1v) is 10.5. The monoisotopic (exact) mass is 425 g/mol. The average Bonchev–Trinajstić information content (AvgIpc) is 3.13. The van der Waals surface area contributed by atoms with Crippen LogP contribution < -0.4 is 15.0 Å². The van der Waals surface area contributed by atoms with Crippen LogP contribution in [-0.2, 0) is 4.74 Å². The molecule has 4 rings (SSSR count). The maximum Gasteiger partial charge on any atom is 0.416 e. The van der Waals surface area contributed by atoms with Crippen molar-refractivity contribution in [1.29, 1.82) is 0 Å². The van der Waals surface area contributed by atoms with Crippen LogP contribution in [0.1, 0.15) is 26.5 Å². The Labute approximate surface area is 178 Å². The quantitative estimate of drug-likeness (QED) is 0.645. The lowest BCUT2D eigenvalue weighted by Crippen LogP contribution is -2.42. The van der Waals surface area contributed by atoms with Crippen molar-refractivity contribution in [3.63, 3.8) is 0 Å². The minimum atomic E-state index is -0.613. The molecule has 1 aliphatic heterocycles. The SMILES string of the molecule is Cc1csc(-c2cc(Nc3ccncc3)c3c(n2)N(C(=O)OC(C)(C)C)CCO3)n1. The number of aryl methyl sites for hydroxylation is 1. The molecule has 0 atom stereocenters. The van der Waals surface area contributed by atoms with Crippen molar-refractivity contribution in [3.8, 4) is 16.5 Å². The van der Waals surface area contributed by atoms with E-state index in [1.807, 2.05) is 51.3 Å². The van der Waals surface area contributed by atoms with Crippen LogP contribution >= 0.6 is 11.3 Å². The van der Waals surface area contributed by atoms with Crippen molar-refractivity contribution in [2.45, 2.75) is 33.3 Å². The number of rotatable bonds is 3. The number of ether oxygens (including phenoxy) is 2. The molecular formula is C21H23N5O3S. The maximum absolute atomic E-state index is 12.9. The first-order chi connectivity index (χ1) is 14.3. The lowest BCUT2D eigenvalue weighted by Gasteiger charge is -2.32. The molecule has 1 amide bonds. The van der Waals surface area contributed by atoms with Gasteiger partial charge in [0, 0.05) is 29.2 Å². The van der Waals surface area contributed by atoms with Gasteiger partial charge in [-0.1, -0.05) is 0 Å². The maximum atomic E-state index is 12.9. The van der Waals surface area contributed by atoms with Crippen LogP contribution in [0.25, 0.3) is 10.7 Å². The molecule has 0 spiro atoms. The number of carbonyl (C=O) groups excluding carboxylic acids is 1. The molecule has 8 nitrogen and oxygen atoms in total. The molecule has 0 saturated heterocycles. The zero-order chi connectivity index (χ0) is 21.3. The van der Waals surface area contributed by atoms with Crippen molar-refractivity contribution in [2.24, 2.45) is 0 Å². The minimum absolute atomic E-state index is 0.342. The van der Waals surface area contributed by atoms with Gasteiger partial charge in [0.2, 0.25) is 0 Å². The third-order valence-corrected chi connectivity index (χ3v) is 5.17. The largest absolute Gasteiger partial charge is 0.486 e. The van der Waals surface area contributed by atoms with Crippen LogP contribution in [0.3, 0.4) is 0 Å². The highest BCUT2D eigenvalue weighted by atomic mass is 32.1. The fourth-order valence-corrected chi connectivity index (χ4v) is 3.71. The number of aromatic nitrogens is 3. The summed E-state index contributed by atoms with van der Waals surface area (Å²) in [5.41, 5.74) is 2.50. The number of hydrogen-bond donors (Lipinski definition) is 1. The van der Waals surface area contributed by atoms with Gasteiger partial charge < -0.3 is 14.8 Å². The zero-order valence-electron chi connectivity index (χ0n) is 17.3. The summed E-state index contributed by atoms with van der Waals surface area (Å²) in [7, 11) is 0. The summed E-state index contributed by atoms with van der Waals surface area (Å²) < 4.78 is 11.5. The topological polar surface area (TPSA) is 89.5 Å². The molecule has 9 heteroatoms. The minimum Gasteiger partial charge on any atom is -0.486 e. The number of nitrogens with one attached hydrogen (secondary N) is 1. The van der Waals surface area contributed by atoms with E-state index in [0.29, 0.717) is 36.1 Å². The Hall–Kier alpha value is -3.20. The first-order valence-electron chi connectivity index (χ1n) is 9.58. The molecule has 3 aromatic rings. The Morgan fingerprint density at radius 3 is 2.70 bits per heavy atom. The molecule has 156 valence electrons. The smallest absolute Gasteiger partial charge is 0.416 e. The van der Waals surface area contributed by atoms with Gasteiger partial charge in [0.15, 0.2) is 11.6 Å². The number of fused-ring (bicyclic) bond motifs is 1. The summed E-state index contributed by atoms with van der Waals surface area (Å²) in [4.78, 5) is 27.7. The van der Waals surface area contributed by atoms with Gasteiger partial charge in [0.05, 0.1) is 12.2 Å². The van der Waals surface area contributed by atoms with Gasteiger partial charge in [0.1, 0.15) is 22.9 Å². The Bertz CT molecular complexity index is 1060. The first kappa shape index (κ1) is 20.1. The van der Waals surface area contributed by atoms with E-state index in [1.54, 1.807) is 12.4 Å². The third kappa shape index (κ3) is 4.35. The third-order valence-electron chi connectivity index (χ3n) is 4.18. The molecule has 0 aliphatic carbocycles. The van der Waals surface area contributed by atoms with E-state index in [1.165, 1.54) is 16.2 Å². The van der Waals surface area contributed by atoms with Gasteiger partial charge in [-0.05, 0) is 45.9 Å². The number of hydrogen-bond acceptors (Lipinski definition) is 8. The Kier molecular flexibility index (Phi) is 5.29. The van der Waals surface area contributed by atoms with Crippen molar-refractivity contribution >= 4 is 34.6 Å². The van der Waals surface area contributed by atoms with Crippen molar-refractivity contribution in [1.82, 2.24) is 15.0 Å². The molecule has 3 aromatic heterocycles. The van der Waals surface area contributed by atoms with E-state index in [2.05, 4.69) is 15.3 Å². The molecule has 0 radical (unpaired) electrons.